The summed E-state index contributed by atoms with van der Waals surface area (Å²) in [7, 11) is 2.10. The summed E-state index contributed by atoms with van der Waals surface area (Å²) in [5, 5.41) is 8.00. The summed E-state index contributed by atoms with van der Waals surface area (Å²) in [5.41, 5.74) is 2.81. The Bertz CT molecular complexity index is 1560. The molecule has 0 radical (unpaired) electrons. The molecule has 10 heteroatoms. The molecule has 4 heterocycles. The van der Waals surface area contributed by atoms with E-state index in [1.165, 1.54) is 6.07 Å². The number of nitrogens with one attached hydrogen (secondary N) is 1. The molecular weight excluding hydrogens is 473 g/mol. The number of halogens is 1. The van der Waals surface area contributed by atoms with Crippen LogP contribution in [-0.4, -0.2) is 69.1 Å². The smallest absolute Gasteiger partial charge is 0.272 e. The maximum Gasteiger partial charge on any atom is 0.272 e. The Balaban J connectivity index is 1.22. The lowest BCUT2D eigenvalue weighted by Gasteiger charge is -2.32. The van der Waals surface area contributed by atoms with E-state index in [9.17, 15) is 14.0 Å². The van der Waals surface area contributed by atoms with Gasteiger partial charge in [-0.1, -0.05) is 24.3 Å². The summed E-state index contributed by atoms with van der Waals surface area (Å²) in [4.78, 5) is 40.8. The molecule has 188 valence electrons. The topological polar surface area (TPSA) is 98.3 Å². The number of piperazine rings is 1. The molecule has 0 atom stereocenters. The zero-order chi connectivity index (χ0) is 25.5. The van der Waals surface area contributed by atoms with Crippen molar-refractivity contribution in [2.45, 2.75) is 19.5 Å². The average molecular weight is 500 g/mol. The average Bonchev–Trinajstić information content (AvgIpc) is 3.35. The zero-order valence-electron chi connectivity index (χ0n) is 20.4. The van der Waals surface area contributed by atoms with E-state index >= 15 is 0 Å². The van der Waals surface area contributed by atoms with Gasteiger partial charge < -0.3 is 14.7 Å². The summed E-state index contributed by atoms with van der Waals surface area (Å²) < 4.78 is 14.8. The molecule has 6 rings (SSSR count). The first-order valence-electron chi connectivity index (χ1n) is 12.3. The van der Waals surface area contributed by atoms with Gasteiger partial charge in [0, 0.05) is 56.3 Å². The van der Waals surface area contributed by atoms with Gasteiger partial charge in [0.05, 0.1) is 28.9 Å². The van der Waals surface area contributed by atoms with E-state index in [2.05, 4.69) is 32.0 Å². The largest absolute Gasteiger partial charge is 0.338 e. The van der Waals surface area contributed by atoms with Crippen LogP contribution in [0.5, 0.6) is 0 Å². The summed E-state index contributed by atoms with van der Waals surface area (Å²) in [5.74, 6) is -0.291. The standard InChI is InChI=1S/C27H26FN7O2/c1-33-8-10-34(11-9-33)27-29-14-18-15-35(16-24(18)30-27)26(37)21-12-17(6-7-22(21)28)13-23-19-4-2-3-5-20(19)25(36)32-31-23/h2-7,12,14H,8-11,13,15-16H2,1H3,(H,32,36). The second-order valence-corrected chi connectivity index (χ2v) is 9.63. The van der Waals surface area contributed by atoms with Crippen molar-refractivity contribution in [1.82, 2.24) is 30.0 Å². The van der Waals surface area contributed by atoms with Gasteiger partial charge in [0.2, 0.25) is 5.95 Å². The molecular formula is C27H26FN7O2. The van der Waals surface area contributed by atoms with Crippen molar-refractivity contribution in [3.63, 3.8) is 0 Å². The number of aromatic nitrogens is 4. The van der Waals surface area contributed by atoms with Gasteiger partial charge in [-0.3, -0.25) is 9.59 Å². The number of anilines is 1. The minimum Gasteiger partial charge on any atom is -0.338 e. The van der Waals surface area contributed by atoms with Crippen LogP contribution in [0.15, 0.2) is 53.5 Å². The predicted molar refractivity (Wildman–Crippen MR) is 137 cm³/mol. The Morgan fingerprint density at radius 2 is 1.84 bits per heavy atom. The maximum atomic E-state index is 14.8. The van der Waals surface area contributed by atoms with Crippen LogP contribution >= 0.6 is 0 Å². The van der Waals surface area contributed by atoms with E-state index < -0.39 is 11.7 Å². The van der Waals surface area contributed by atoms with Gasteiger partial charge in [0.1, 0.15) is 5.82 Å². The van der Waals surface area contributed by atoms with Crippen LogP contribution in [0, 0.1) is 5.82 Å². The molecule has 1 N–H and O–H groups in total. The minimum atomic E-state index is -0.576. The summed E-state index contributed by atoms with van der Waals surface area (Å²) in [6.07, 6.45) is 2.13. The number of rotatable bonds is 4. The highest BCUT2D eigenvalue weighted by Crippen LogP contribution is 2.26. The van der Waals surface area contributed by atoms with Crippen LogP contribution in [0.1, 0.15) is 32.9 Å². The Morgan fingerprint density at radius 3 is 2.65 bits per heavy atom. The number of fused-ring (bicyclic) bond motifs is 2. The number of aromatic amines is 1. The fraction of sp³-hybridized carbons (Fsp3) is 0.296. The van der Waals surface area contributed by atoms with Gasteiger partial charge in [-0.05, 0) is 30.8 Å². The molecule has 0 unspecified atom stereocenters. The van der Waals surface area contributed by atoms with Crippen LogP contribution in [0.3, 0.4) is 0 Å². The van der Waals surface area contributed by atoms with Gasteiger partial charge >= 0.3 is 0 Å². The van der Waals surface area contributed by atoms with E-state index in [0.29, 0.717) is 36.5 Å². The second-order valence-electron chi connectivity index (χ2n) is 9.63. The quantitative estimate of drug-likeness (QED) is 0.460. The highest BCUT2D eigenvalue weighted by Gasteiger charge is 2.29. The third-order valence-electron chi connectivity index (χ3n) is 7.12. The van der Waals surface area contributed by atoms with E-state index in [0.717, 1.165) is 48.4 Å². The molecule has 1 amide bonds. The fourth-order valence-corrected chi connectivity index (χ4v) is 4.96. The number of carbonyl (C=O) groups is 1. The van der Waals surface area contributed by atoms with Gasteiger partial charge in [-0.2, -0.15) is 5.10 Å². The van der Waals surface area contributed by atoms with E-state index in [1.54, 1.807) is 35.4 Å². The number of nitrogens with zero attached hydrogens (tertiary/aromatic N) is 6. The third-order valence-corrected chi connectivity index (χ3v) is 7.12. The van der Waals surface area contributed by atoms with E-state index in [4.69, 9.17) is 4.98 Å². The molecule has 4 aromatic rings. The van der Waals surface area contributed by atoms with Crippen molar-refractivity contribution >= 4 is 22.6 Å². The summed E-state index contributed by atoms with van der Waals surface area (Å²) in [6, 6.07) is 11.7. The third kappa shape index (κ3) is 4.44. The molecule has 1 fully saturated rings. The van der Waals surface area contributed by atoms with Crippen LogP contribution in [0.25, 0.3) is 10.8 Å². The molecule has 0 bridgehead atoms. The molecule has 1 saturated heterocycles. The Hall–Kier alpha value is -4.18. The normalized spacial score (nSPS) is 15.8. The number of benzene rings is 2. The lowest BCUT2D eigenvalue weighted by Crippen LogP contribution is -2.45. The second kappa shape index (κ2) is 9.36. The minimum absolute atomic E-state index is 0.00582. The highest BCUT2D eigenvalue weighted by molar-refractivity contribution is 5.95. The van der Waals surface area contributed by atoms with Crippen molar-refractivity contribution in [2.24, 2.45) is 0 Å². The van der Waals surface area contributed by atoms with Crippen molar-refractivity contribution in [1.29, 1.82) is 0 Å². The number of likely N-dealkylation sites (N-methyl/N-ethyl adjacent to an activating group) is 1. The highest BCUT2D eigenvalue weighted by atomic mass is 19.1. The van der Waals surface area contributed by atoms with Crippen LogP contribution in [0.2, 0.25) is 0 Å². The first kappa shape index (κ1) is 23.2. The monoisotopic (exact) mass is 499 g/mol. The van der Waals surface area contributed by atoms with Crippen molar-refractivity contribution in [2.75, 3.05) is 38.1 Å². The molecule has 37 heavy (non-hydrogen) atoms. The molecule has 0 spiro atoms. The van der Waals surface area contributed by atoms with Crippen LogP contribution < -0.4 is 10.5 Å². The summed E-state index contributed by atoms with van der Waals surface area (Å²) >= 11 is 0. The lowest BCUT2D eigenvalue weighted by atomic mass is 10.0. The molecule has 2 aliphatic rings. The lowest BCUT2D eigenvalue weighted by molar-refractivity contribution is 0.0745. The van der Waals surface area contributed by atoms with Gasteiger partial charge in [-0.15, -0.1) is 0 Å². The number of H-pyrrole nitrogens is 1. The molecule has 0 saturated carbocycles. The molecule has 0 aliphatic carbocycles. The maximum absolute atomic E-state index is 14.8. The fourth-order valence-electron chi connectivity index (χ4n) is 4.96. The molecule has 2 aliphatic heterocycles. The summed E-state index contributed by atoms with van der Waals surface area (Å²) in [6.45, 7) is 4.26. The number of hydrogen-bond donors (Lipinski definition) is 1. The SMILES string of the molecule is CN1CCN(c2ncc3c(n2)CN(C(=O)c2cc(Cc4n[nH]c(=O)c5ccccc45)ccc2F)C3)CC1. The van der Waals surface area contributed by atoms with Crippen LogP contribution in [-0.2, 0) is 19.5 Å². The zero-order valence-corrected chi connectivity index (χ0v) is 20.4. The van der Waals surface area contributed by atoms with Crippen molar-refractivity contribution < 1.29 is 9.18 Å². The van der Waals surface area contributed by atoms with E-state index in [-0.39, 0.29) is 11.1 Å². The first-order chi connectivity index (χ1) is 18.0. The van der Waals surface area contributed by atoms with Gasteiger partial charge in [-0.25, -0.2) is 19.5 Å². The Kier molecular flexibility index (Phi) is 5.88. The van der Waals surface area contributed by atoms with Crippen molar-refractivity contribution in [3.8, 4) is 0 Å². The predicted octanol–water partition coefficient (Wildman–Crippen LogP) is 2.35. The number of amides is 1. The molecule has 2 aromatic carbocycles. The Morgan fingerprint density at radius 1 is 1.05 bits per heavy atom. The van der Waals surface area contributed by atoms with E-state index in [1.807, 2.05) is 12.1 Å². The number of hydrogen-bond acceptors (Lipinski definition) is 7. The van der Waals surface area contributed by atoms with Gasteiger partial charge in [0.15, 0.2) is 0 Å². The van der Waals surface area contributed by atoms with Crippen LogP contribution in [0.4, 0.5) is 10.3 Å². The Labute approximate surface area is 212 Å². The van der Waals surface area contributed by atoms with Crippen molar-refractivity contribution in [3.05, 3.63) is 92.9 Å². The van der Waals surface area contributed by atoms with Gasteiger partial charge in [0.25, 0.3) is 11.5 Å². The molecule has 2 aromatic heterocycles. The molecule has 9 nitrogen and oxygen atoms in total. The first-order valence-corrected chi connectivity index (χ1v) is 12.3. The number of carbonyl (C=O) groups excluding carboxylic acids is 1.